The van der Waals surface area contributed by atoms with E-state index in [4.69, 9.17) is 10.5 Å². The molecule has 0 heterocycles. The van der Waals surface area contributed by atoms with Crippen molar-refractivity contribution in [1.82, 2.24) is 0 Å². The van der Waals surface area contributed by atoms with E-state index in [2.05, 4.69) is 12.3 Å². The predicted octanol–water partition coefficient (Wildman–Crippen LogP) is 1.82. The van der Waals surface area contributed by atoms with Crippen LogP contribution in [0.1, 0.15) is 5.56 Å². The van der Waals surface area contributed by atoms with Crippen molar-refractivity contribution in [1.29, 1.82) is 0 Å². The van der Waals surface area contributed by atoms with E-state index in [1.807, 2.05) is 24.3 Å². The van der Waals surface area contributed by atoms with Crippen molar-refractivity contribution < 1.29 is 4.74 Å². The summed E-state index contributed by atoms with van der Waals surface area (Å²) in [6.45, 7) is 4.03. The van der Waals surface area contributed by atoms with Gasteiger partial charge in [-0.3, -0.25) is 0 Å². The molecule has 0 bridgehead atoms. The highest BCUT2D eigenvalue weighted by Crippen LogP contribution is 2.16. The Morgan fingerprint density at radius 2 is 2.08 bits per heavy atom. The second kappa shape index (κ2) is 4.51. The highest BCUT2D eigenvalue weighted by Gasteiger charge is 1.97. The zero-order chi connectivity index (χ0) is 9.68. The molecule has 0 fully saturated rings. The van der Waals surface area contributed by atoms with Crippen molar-refractivity contribution in [3.63, 3.8) is 0 Å². The van der Waals surface area contributed by atoms with E-state index in [1.165, 1.54) is 0 Å². The van der Waals surface area contributed by atoms with Crippen LogP contribution in [0.4, 0.5) is 0 Å². The van der Waals surface area contributed by atoms with E-state index >= 15 is 0 Å². The van der Waals surface area contributed by atoms with Crippen LogP contribution in [0.2, 0.25) is 0 Å². The molecule has 68 valence electrons. The molecule has 0 saturated carbocycles. The van der Waals surface area contributed by atoms with Crippen molar-refractivity contribution >= 4 is 5.57 Å². The third kappa shape index (κ3) is 2.22. The Labute approximate surface area is 78.3 Å². The summed E-state index contributed by atoms with van der Waals surface area (Å²) in [6, 6.07) is 7.67. The van der Waals surface area contributed by atoms with E-state index in [0.717, 1.165) is 16.9 Å². The lowest BCUT2D eigenvalue weighted by Gasteiger charge is -2.03. The zero-order valence-corrected chi connectivity index (χ0v) is 7.71. The molecular weight excluding hydrogens is 162 g/mol. The average Bonchev–Trinajstić information content (AvgIpc) is 2.21. The standard InChI is InChI=1S/C11H13NO/c1-3-9(8-12)10-4-6-11(13-2)7-5-10/h4-7H,1,8,12H2,2H3. The van der Waals surface area contributed by atoms with Crippen LogP contribution in [0.25, 0.3) is 5.57 Å². The third-order valence-corrected chi connectivity index (χ3v) is 1.86. The summed E-state index contributed by atoms with van der Waals surface area (Å²) >= 11 is 0. The molecule has 0 aliphatic carbocycles. The van der Waals surface area contributed by atoms with E-state index < -0.39 is 0 Å². The Morgan fingerprint density at radius 3 is 2.46 bits per heavy atom. The number of ether oxygens (including phenoxy) is 1. The number of hydrogen-bond acceptors (Lipinski definition) is 2. The highest BCUT2D eigenvalue weighted by molar-refractivity contribution is 5.66. The fourth-order valence-electron chi connectivity index (χ4n) is 1.08. The van der Waals surface area contributed by atoms with Crippen molar-refractivity contribution in [3.05, 3.63) is 42.1 Å². The number of methoxy groups -OCH3 is 1. The zero-order valence-electron chi connectivity index (χ0n) is 7.71. The first kappa shape index (κ1) is 9.59. The van der Waals surface area contributed by atoms with Gasteiger partial charge in [0.2, 0.25) is 0 Å². The normalized spacial score (nSPS) is 9.08. The summed E-state index contributed by atoms with van der Waals surface area (Å²) in [6.07, 6.45) is 0. The van der Waals surface area contributed by atoms with Gasteiger partial charge in [-0.2, -0.15) is 0 Å². The van der Waals surface area contributed by atoms with Crippen molar-refractivity contribution in [3.8, 4) is 5.75 Å². The summed E-state index contributed by atoms with van der Waals surface area (Å²) in [5.74, 6) is 0.837. The Morgan fingerprint density at radius 1 is 1.46 bits per heavy atom. The molecule has 0 radical (unpaired) electrons. The minimum Gasteiger partial charge on any atom is -0.497 e. The summed E-state index contributed by atoms with van der Waals surface area (Å²) in [4.78, 5) is 0. The van der Waals surface area contributed by atoms with Gasteiger partial charge in [-0.25, -0.2) is 0 Å². The van der Waals surface area contributed by atoms with Crippen LogP contribution in [0.5, 0.6) is 5.75 Å². The topological polar surface area (TPSA) is 35.2 Å². The summed E-state index contributed by atoms with van der Waals surface area (Å²) in [5, 5.41) is 0. The SMILES string of the molecule is C=C=C(CN)c1ccc(OC)cc1. The van der Waals surface area contributed by atoms with Gasteiger partial charge in [-0.1, -0.05) is 18.7 Å². The maximum absolute atomic E-state index is 5.52. The Bertz CT molecular complexity index is 320. The summed E-state index contributed by atoms with van der Waals surface area (Å²) < 4.78 is 5.04. The van der Waals surface area contributed by atoms with Gasteiger partial charge in [0.25, 0.3) is 0 Å². The average molecular weight is 175 g/mol. The van der Waals surface area contributed by atoms with Gasteiger partial charge >= 0.3 is 0 Å². The smallest absolute Gasteiger partial charge is 0.118 e. The lowest BCUT2D eigenvalue weighted by Crippen LogP contribution is -2.01. The molecule has 0 aromatic heterocycles. The van der Waals surface area contributed by atoms with Crippen LogP contribution in [0.15, 0.2) is 36.6 Å². The maximum atomic E-state index is 5.52. The molecule has 0 aliphatic rings. The van der Waals surface area contributed by atoms with Crippen LogP contribution in [0.3, 0.4) is 0 Å². The second-order valence-electron chi connectivity index (χ2n) is 2.59. The maximum Gasteiger partial charge on any atom is 0.118 e. The minimum atomic E-state index is 0.454. The van der Waals surface area contributed by atoms with Crippen LogP contribution in [-0.4, -0.2) is 13.7 Å². The van der Waals surface area contributed by atoms with Gasteiger partial charge in [0, 0.05) is 12.1 Å². The van der Waals surface area contributed by atoms with E-state index in [0.29, 0.717) is 6.54 Å². The molecule has 0 amide bonds. The van der Waals surface area contributed by atoms with Crippen molar-refractivity contribution in [2.45, 2.75) is 0 Å². The van der Waals surface area contributed by atoms with Crippen LogP contribution >= 0.6 is 0 Å². The van der Waals surface area contributed by atoms with Gasteiger partial charge in [0.1, 0.15) is 5.75 Å². The Kier molecular flexibility index (Phi) is 3.32. The van der Waals surface area contributed by atoms with Gasteiger partial charge in [-0.15, -0.1) is 5.73 Å². The van der Waals surface area contributed by atoms with Gasteiger partial charge < -0.3 is 10.5 Å². The fraction of sp³-hybridized carbons (Fsp3) is 0.182. The van der Waals surface area contributed by atoms with Crippen molar-refractivity contribution in [2.75, 3.05) is 13.7 Å². The third-order valence-electron chi connectivity index (χ3n) is 1.86. The molecule has 2 heteroatoms. The first-order valence-electron chi connectivity index (χ1n) is 4.05. The fourth-order valence-corrected chi connectivity index (χ4v) is 1.08. The molecule has 0 saturated heterocycles. The number of nitrogens with two attached hydrogens (primary N) is 1. The van der Waals surface area contributed by atoms with Crippen molar-refractivity contribution in [2.24, 2.45) is 5.73 Å². The molecule has 2 N–H and O–H groups in total. The highest BCUT2D eigenvalue weighted by atomic mass is 16.5. The molecule has 1 aromatic carbocycles. The number of rotatable bonds is 3. The quantitative estimate of drug-likeness (QED) is 0.711. The molecule has 0 atom stereocenters. The minimum absolute atomic E-state index is 0.454. The molecule has 1 aromatic rings. The molecule has 13 heavy (non-hydrogen) atoms. The van der Waals surface area contributed by atoms with E-state index in [1.54, 1.807) is 7.11 Å². The van der Waals surface area contributed by atoms with Crippen LogP contribution in [0, 0.1) is 0 Å². The Hall–Kier alpha value is -1.50. The lowest BCUT2D eigenvalue weighted by molar-refractivity contribution is 0.415. The van der Waals surface area contributed by atoms with Crippen LogP contribution < -0.4 is 10.5 Å². The molecule has 1 rings (SSSR count). The monoisotopic (exact) mass is 175 g/mol. The summed E-state index contributed by atoms with van der Waals surface area (Å²) in [5.41, 5.74) is 10.3. The van der Waals surface area contributed by atoms with E-state index in [-0.39, 0.29) is 0 Å². The number of benzene rings is 1. The second-order valence-corrected chi connectivity index (χ2v) is 2.59. The van der Waals surface area contributed by atoms with Crippen LogP contribution in [-0.2, 0) is 0 Å². The first-order valence-corrected chi connectivity index (χ1v) is 4.05. The lowest BCUT2D eigenvalue weighted by atomic mass is 10.1. The molecule has 0 unspecified atom stereocenters. The summed E-state index contributed by atoms with van der Waals surface area (Å²) in [7, 11) is 1.64. The number of hydrogen-bond donors (Lipinski definition) is 1. The van der Waals surface area contributed by atoms with Gasteiger partial charge in [0.15, 0.2) is 0 Å². The molecular formula is C11H13NO. The largest absolute Gasteiger partial charge is 0.497 e. The van der Waals surface area contributed by atoms with Gasteiger partial charge in [0.05, 0.1) is 7.11 Å². The van der Waals surface area contributed by atoms with E-state index in [9.17, 15) is 0 Å². The molecule has 0 aliphatic heterocycles. The Balaban J connectivity index is 2.98. The van der Waals surface area contributed by atoms with Gasteiger partial charge in [-0.05, 0) is 17.7 Å². The molecule has 2 nitrogen and oxygen atoms in total. The first-order chi connectivity index (χ1) is 6.31. The molecule has 0 spiro atoms. The predicted molar refractivity (Wildman–Crippen MR) is 54.6 cm³/mol.